The zero-order valence-corrected chi connectivity index (χ0v) is 16.6. The van der Waals surface area contributed by atoms with Crippen LogP contribution in [0.4, 0.5) is 0 Å². The van der Waals surface area contributed by atoms with E-state index in [1.165, 1.54) is 11.6 Å². The molecule has 0 bridgehead atoms. The van der Waals surface area contributed by atoms with Crippen LogP contribution in [0.3, 0.4) is 0 Å². The maximum Gasteiger partial charge on any atom is 0.157 e. The summed E-state index contributed by atoms with van der Waals surface area (Å²) >= 11 is 0. The molecule has 2 fully saturated rings. The summed E-state index contributed by atoms with van der Waals surface area (Å²) in [6.45, 7) is 4.68. The van der Waals surface area contributed by atoms with E-state index in [1.807, 2.05) is 11.0 Å². The van der Waals surface area contributed by atoms with Gasteiger partial charge < -0.3 is 9.64 Å². The quantitative estimate of drug-likeness (QED) is 0.313. The molecule has 2 unspecified atom stereocenters. The Bertz CT molecular complexity index is 766. The van der Waals surface area contributed by atoms with Crippen molar-refractivity contribution in [2.24, 2.45) is 0 Å². The van der Waals surface area contributed by atoms with Gasteiger partial charge in [0.15, 0.2) is 5.03 Å². The highest BCUT2D eigenvalue weighted by molar-refractivity contribution is 5.31. The zero-order chi connectivity index (χ0) is 20.6. The van der Waals surface area contributed by atoms with Crippen molar-refractivity contribution in [3.05, 3.63) is 70.4 Å². The predicted octanol–water partition coefficient (Wildman–Crippen LogP) is 3.55. The minimum absolute atomic E-state index is 0.174. The van der Waals surface area contributed by atoms with Crippen molar-refractivity contribution in [3.63, 3.8) is 0 Å². The summed E-state index contributed by atoms with van der Waals surface area (Å²) in [5, 5.41) is 19.6. The number of nitrogens with zero attached hydrogens (tertiary/aromatic N) is 3. The number of nitro groups is 1. The number of hydrogen-bond donors (Lipinski definition) is 1. The molecule has 0 spiro atoms. The van der Waals surface area contributed by atoms with E-state index < -0.39 is 5.03 Å². The first kappa shape index (κ1) is 20.9. The molecular weight excluding hydrogens is 368 g/mol. The van der Waals surface area contributed by atoms with Gasteiger partial charge in [0.2, 0.25) is 0 Å². The summed E-state index contributed by atoms with van der Waals surface area (Å²) in [7, 11) is 0. The lowest BCUT2D eigenvalue weighted by atomic mass is 9.83. The van der Waals surface area contributed by atoms with Crippen LogP contribution in [0.2, 0.25) is 0 Å². The largest absolute Gasteiger partial charge is 0.376 e. The third kappa shape index (κ3) is 5.58. The number of hydrazine groups is 1. The first-order valence-corrected chi connectivity index (χ1v) is 10.2. The van der Waals surface area contributed by atoms with Gasteiger partial charge in [-0.25, -0.2) is 10.1 Å². The number of likely N-dealkylation sites (tertiary alicyclic amines) is 1. The average molecular weight is 396 g/mol. The van der Waals surface area contributed by atoms with E-state index in [9.17, 15) is 10.1 Å². The molecular formula is C22H28N4O3. The van der Waals surface area contributed by atoms with Gasteiger partial charge in [-0.2, -0.15) is 5.26 Å². The van der Waals surface area contributed by atoms with Crippen LogP contribution in [-0.2, 0) is 4.74 Å². The Labute approximate surface area is 171 Å². The average Bonchev–Trinajstić information content (AvgIpc) is 3.11. The number of benzene rings is 1. The van der Waals surface area contributed by atoms with Crippen molar-refractivity contribution in [3.8, 4) is 6.07 Å². The molecule has 2 atom stereocenters. The Morgan fingerprint density at radius 2 is 2.03 bits per heavy atom. The van der Waals surface area contributed by atoms with Gasteiger partial charge in [0.05, 0.1) is 24.3 Å². The number of hydrogen-bond acceptors (Lipinski definition) is 5. The molecule has 1 aliphatic heterocycles. The number of allylic oxidation sites excluding steroid dienone is 2. The summed E-state index contributed by atoms with van der Waals surface area (Å²) in [5.41, 5.74) is 4.24. The molecule has 0 aromatic heterocycles. The van der Waals surface area contributed by atoms with Crippen LogP contribution in [-0.4, -0.2) is 41.3 Å². The molecule has 1 heterocycles. The van der Waals surface area contributed by atoms with Gasteiger partial charge in [0.25, 0.3) is 0 Å². The smallest absolute Gasteiger partial charge is 0.157 e. The molecule has 7 heteroatoms. The third-order valence-corrected chi connectivity index (χ3v) is 5.96. The molecule has 7 nitrogen and oxygen atoms in total. The fourth-order valence-corrected chi connectivity index (χ4v) is 4.36. The summed E-state index contributed by atoms with van der Waals surface area (Å²) in [6, 6.07) is 12.2. The predicted molar refractivity (Wildman–Crippen MR) is 110 cm³/mol. The Hall–Kier alpha value is -2.85. The van der Waals surface area contributed by atoms with Gasteiger partial charge in [-0.15, -0.1) is 5.43 Å². The highest BCUT2D eigenvalue weighted by atomic mass is 16.7. The minimum Gasteiger partial charge on any atom is -0.376 e. The van der Waals surface area contributed by atoms with E-state index in [0.717, 1.165) is 25.7 Å². The van der Waals surface area contributed by atoms with Crippen molar-refractivity contribution in [2.45, 2.75) is 56.2 Å². The number of nitrogens with one attached hydrogen (secondary N) is 1. The normalized spacial score (nSPS) is 27.3. The number of rotatable bonds is 8. The Balaban J connectivity index is 1.57. The summed E-state index contributed by atoms with van der Waals surface area (Å²) in [5.74, 6) is 0.580. The van der Waals surface area contributed by atoms with Crippen molar-refractivity contribution in [2.75, 3.05) is 13.2 Å². The van der Waals surface area contributed by atoms with Crippen LogP contribution in [0.25, 0.3) is 0 Å². The molecule has 0 radical (unpaired) electrons. The first-order chi connectivity index (χ1) is 14.1. The topological polar surface area (TPSA) is 91.4 Å². The second-order valence-corrected chi connectivity index (χ2v) is 7.70. The van der Waals surface area contributed by atoms with E-state index in [0.29, 0.717) is 31.1 Å². The first-order valence-electron chi connectivity index (χ1n) is 10.2. The lowest BCUT2D eigenvalue weighted by molar-refractivity contribution is -0.551. The monoisotopic (exact) mass is 396 g/mol. The molecule has 154 valence electrons. The van der Waals surface area contributed by atoms with Gasteiger partial charge in [-0.05, 0) is 43.6 Å². The van der Waals surface area contributed by atoms with E-state index in [-0.39, 0.29) is 18.2 Å². The van der Waals surface area contributed by atoms with Crippen molar-refractivity contribution >= 4 is 0 Å². The van der Waals surface area contributed by atoms with E-state index in [4.69, 9.17) is 10.00 Å². The SMILES string of the molecule is C=CC(C#N)=CN1CCC(N[N+](=O)[O-])C1COC1CCC(c2ccccc2)CC1. The summed E-state index contributed by atoms with van der Waals surface area (Å²) in [4.78, 5) is 12.9. The highest BCUT2D eigenvalue weighted by Gasteiger charge is 2.36. The van der Waals surface area contributed by atoms with Crippen LogP contribution in [0.15, 0.2) is 54.8 Å². The maximum atomic E-state index is 11.0. The van der Waals surface area contributed by atoms with Crippen LogP contribution in [0.5, 0.6) is 0 Å². The van der Waals surface area contributed by atoms with E-state index in [1.54, 1.807) is 6.20 Å². The van der Waals surface area contributed by atoms with Crippen LogP contribution < -0.4 is 5.43 Å². The van der Waals surface area contributed by atoms with Crippen LogP contribution in [0, 0.1) is 21.4 Å². The Morgan fingerprint density at radius 3 is 2.66 bits per heavy atom. The van der Waals surface area contributed by atoms with Crippen LogP contribution in [0.1, 0.15) is 43.6 Å². The third-order valence-electron chi connectivity index (χ3n) is 5.96. The van der Waals surface area contributed by atoms with Gasteiger partial charge >= 0.3 is 0 Å². The fraction of sp³-hybridized carbons (Fsp3) is 0.500. The standard InChI is InChI=1S/C22H28N4O3/c1-2-17(14-23)15-25-13-12-21(24-26(27)28)22(25)16-29-20-10-8-19(9-11-20)18-6-4-3-5-7-18/h2-7,15,19-22,24H,1,8-13,16H2. The van der Waals surface area contributed by atoms with Crippen molar-refractivity contribution in [1.82, 2.24) is 10.3 Å². The van der Waals surface area contributed by atoms with Gasteiger partial charge in [0.1, 0.15) is 12.1 Å². The molecule has 2 aliphatic rings. The minimum atomic E-state index is -0.491. The van der Waals surface area contributed by atoms with E-state index >= 15 is 0 Å². The second-order valence-electron chi connectivity index (χ2n) is 7.70. The zero-order valence-electron chi connectivity index (χ0n) is 16.6. The molecule has 1 aromatic rings. The molecule has 1 aliphatic carbocycles. The van der Waals surface area contributed by atoms with Gasteiger partial charge in [-0.3, -0.25) is 0 Å². The highest BCUT2D eigenvalue weighted by Crippen LogP contribution is 2.34. The molecule has 1 saturated carbocycles. The summed E-state index contributed by atoms with van der Waals surface area (Å²) < 4.78 is 6.20. The molecule has 1 saturated heterocycles. The molecule has 0 amide bonds. The molecule has 29 heavy (non-hydrogen) atoms. The Morgan fingerprint density at radius 1 is 1.31 bits per heavy atom. The van der Waals surface area contributed by atoms with Crippen LogP contribution >= 0.6 is 0 Å². The second kappa shape index (κ2) is 10.1. The van der Waals surface area contributed by atoms with Gasteiger partial charge in [-0.1, -0.05) is 43.0 Å². The fourth-order valence-electron chi connectivity index (χ4n) is 4.36. The van der Waals surface area contributed by atoms with Crippen molar-refractivity contribution < 1.29 is 9.77 Å². The lowest BCUT2D eigenvalue weighted by Gasteiger charge is -2.32. The molecule has 1 aromatic carbocycles. The maximum absolute atomic E-state index is 11.0. The summed E-state index contributed by atoms with van der Waals surface area (Å²) in [6.07, 6.45) is 8.20. The van der Waals surface area contributed by atoms with Crippen molar-refractivity contribution in [1.29, 1.82) is 5.26 Å². The molecule has 3 rings (SSSR count). The molecule has 1 N–H and O–H groups in total. The lowest BCUT2D eigenvalue weighted by Crippen LogP contribution is -2.46. The van der Waals surface area contributed by atoms with Gasteiger partial charge in [0, 0.05) is 12.7 Å². The number of nitriles is 1. The number of ether oxygens (including phenoxy) is 1. The Kier molecular flexibility index (Phi) is 7.25. The van der Waals surface area contributed by atoms with E-state index in [2.05, 4.69) is 42.3 Å².